The molecule has 0 N–H and O–H groups in total. The van der Waals surface area contributed by atoms with Gasteiger partial charge in [-0.25, -0.2) is 0 Å². The van der Waals surface area contributed by atoms with Gasteiger partial charge in [0.1, 0.15) is 0 Å². The monoisotopic (exact) mass is 371 g/mol. The Bertz CT molecular complexity index is 280. The first kappa shape index (κ1) is 9.70. The molecule has 0 aliphatic rings. The van der Waals surface area contributed by atoms with Crippen LogP contribution in [0.2, 0.25) is 0 Å². The number of rotatable bonds is 1. The molecule has 0 radical (unpaired) electrons. The second-order valence-electron chi connectivity index (χ2n) is 2.47. The Kier molecular flexibility index (Phi) is 3.54. The summed E-state index contributed by atoms with van der Waals surface area (Å²) in [4.78, 5) is 4.31. The fourth-order valence-electron chi connectivity index (χ4n) is 0.684. The summed E-state index contributed by atoms with van der Waals surface area (Å²) in [5.74, 6) is 0. The van der Waals surface area contributed by atoms with Gasteiger partial charge in [-0.1, -0.05) is 0 Å². The number of aromatic nitrogens is 1. The summed E-state index contributed by atoms with van der Waals surface area (Å²) < 4.78 is -1.02. The number of nitrogens with zero attached hydrogens (tertiary/aromatic N) is 1. The van der Waals surface area contributed by atoms with Gasteiger partial charge in [0.2, 0.25) is 0 Å². The molecule has 1 nitrogen and oxygen atoms in total. The van der Waals surface area contributed by atoms with Gasteiger partial charge in [0.25, 0.3) is 0 Å². The van der Waals surface area contributed by atoms with Gasteiger partial charge < -0.3 is 0 Å². The zero-order valence-corrected chi connectivity index (χ0v) is 10.2. The van der Waals surface area contributed by atoms with E-state index < -0.39 is 4.69 Å². The van der Waals surface area contributed by atoms with Crippen molar-refractivity contribution in [3.05, 3.63) is 24.4 Å². The number of hydrogen-bond acceptors (Lipinski definition) is 1. The normalized spacial score (nSPS) is 11.9. The Morgan fingerprint density at radius 1 is 1.45 bits per heavy atom. The predicted octanol–water partition coefficient (Wildman–Crippen LogP) is 2.14. The Hall–Kier alpha value is 0.610. The van der Waals surface area contributed by atoms with Crippen LogP contribution in [0.15, 0.2) is 24.4 Å². The second kappa shape index (κ2) is 4.02. The zero-order valence-electron chi connectivity index (χ0n) is 6.38. The van der Waals surface area contributed by atoms with E-state index in [1.807, 2.05) is 18.3 Å². The van der Waals surface area contributed by atoms with Gasteiger partial charge in [-0.15, -0.1) is 0 Å². The van der Waals surface area contributed by atoms with E-state index in [1.54, 1.807) is 0 Å². The zero-order chi connectivity index (χ0) is 8.32. The van der Waals surface area contributed by atoms with Gasteiger partial charge in [-0.05, 0) is 0 Å². The summed E-state index contributed by atoms with van der Waals surface area (Å²) in [5, 5.41) is 0. The molecular formula is C7H10AuClNP. The molecule has 0 atom stereocenters. The van der Waals surface area contributed by atoms with Crippen molar-refractivity contribution in [2.75, 3.05) is 13.3 Å². The van der Waals surface area contributed by atoms with E-state index in [1.165, 1.54) is 5.44 Å². The average Bonchev–Trinajstić information content (AvgIpc) is 2.06. The quantitative estimate of drug-likeness (QED) is 0.544. The Balaban J connectivity index is 3.14. The van der Waals surface area contributed by atoms with Crippen LogP contribution in [-0.2, 0) is 17.6 Å². The van der Waals surface area contributed by atoms with Crippen LogP contribution in [-0.4, -0.2) is 18.3 Å². The third kappa shape index (κ3) is 2.54. The Morgan fingerprint density at radius 2 is 2.18 bits per heavy atom. The van der Waals surface area contributed by atoms with Crippen molar-refractivity contribution in [2.24, 2.45) is 0 Å². The summed E-state index contributed by atoms with van der Waals surface area (Å²) in [7, 11) is 5.93. The number of pyridine rings is 1. The van der Waals surface area contributed by atoms with Crippen LogP contribution in [0, 0.1) is 0 Å². The van der Waals surface area contributed by atoms with E-state index in [9.17, 15) is 0 Å². The van der Waals surface area contributed by atoms with Crippen molar-refractivity contribution in [2.45, 2.75) is 0 Å². The van der Waals surface area contributed by atoms with Gasteiger partial charge in [-0.2, -0.15) is 0 Å². The molecule has 0 spiro atoms. The Labute approximate surface area is 79.5 Å². The molecule has 1 aromatic heterocycles. The van der Waals surface area contributed by atoms with Crippen molar-refractivity contribution in [3.63, 3.8) is 0 Å². The van der Waals surface area contributed by atoms with E-state index >= 15 is 0 Å². The number of hydrogen-bond donors (Lipinski definition) is 0. The van der Waals surface area contributed by atoms with Gasteiger partial charge in [-0.3, -0.25) is 0 Å². The standard InChI is InChI=1S/C7H10NP.Au.ClH/c1-9(2)7-5-3-4-6-8-7;;/h3-6H,1-2H3;;1H/q;+1;/p-1. The van der Waals surface area contributed by atoms with Crippen LogP contribution in [0.1, 0.15) is 0 Å². The van der Waals surface area contributed by atoms with Crippen molar-refractivity contribution in [1.29, 1.82) is 0 Å². The molecule has 0 fully saturated rings. The summed E-state index contributed by atoms with van der Waals surface area (Å²) in [6.45, 7) is 4.48. The summed E-state index contributed by atoms with van der Waals surface area (Å²) >= 11 is -0.0912. The fraction of sp³-hybridized carbons (Fsp3) is 0.286. The molecule has 0 saturated carbocycles. The first-order valence-corrected chi connectivity index (χ1v) is 11.2. The molecule has 66 valence electrons. The second-order valence-corrected chi connectivity index (χ2v) is 16.4. The van der Waals surface area contributed by atoms with E-state index in [4.69, 9.17) is 9.19 Å². The summed E-state index contributed by atoms with van der Waals surface area (Å²) in [6, 6.07) is 6.04. The van der Waals surface area contributed by atoms with Crippen LogP contribution in [0.25, 0.3) is 0 Å². The number of halogens is 1. The SMILES string of the molecule is C[P](C)(=[Au][Cl])c1ccccn1. The molecule has 1 rings (SSSR count). The summed E-state index contributed by atoms with van der Waals surface area (Å²) in [6.07, 6.45) is 1.84. The Morgan fingerprint density at radius 3 is 2.64 bits per heavy atom. The van der Waals surface area contributed by atoms with Gasteiger partial charge in [0.15, 0.2) is 0 Å². The predicted molar refractivity (Wildman–Crippen MR) is 48.5 cm³/mol. The molecule has 1 aromatic rings. The molecule has 11 heavy (non-hydrogen) atoms. The van der Waals surface area contributed by atoms with E-state index in [-0.39, 0.29) is 17.6 Å². The molecule has 0 amide bonds. The molecule has 1 heterocycles. The van der Waals surface area contributed by atoms with Crippen LogP contribution < -0.4 is 5.44 Å². The molecule has 4 heteroatoms. The fourth-order valence-corrected chi connectivity index (χ4v) is 4.20. The average molecular weight is 372 g/mol. The van der Waals surface area contributed by atoms with Crippen LogP contribution in [0.3, 0.4) is 0 Å². The van der Waals surface area contributed by atoms with E-state index in [0.717, 1.165) is 0 Å². The van der Waals surface area contributed by atoms with Crippen molar-refractivity contribution in [3.8, 4) is 0 Å². The van der Waals surface area contributed by atoms with E-state index in [2.05, 4.69) is 24.4 Å². The van der Waals surface area contributed by atoms with Gasteiger partial charge >= 0.3 is 79.7 Å². The van der Waals surface area contributed by atoms with Crippen molar-refractivity contribution >= 4 is 19.3 Å². The van der Waals surface area contributed by atoms with E-state index in [0.29, 0.717) is 0 Å². The van der Waals surface area contributed by atoms with Crippen LogP contribution in [0.5, 0.6) is 0 Å². The molecular weight excluding hydrogens is 361 g/mol. The van der Waals surface area contributed by atoms with Crippen molar-refractivity contribution in [1.82, 2.24) is 4.98 Å². The topological polar surface area (TPSA) is 12.9 Å². The minimum atomic E-state index is -1.02. The first-order valence-electron chi connectivity index (χ1n) is 3.14. The summed E-state index contributed by atoms with van der Waals surface area (Å²) in [5.41, 5.74) is 1.21. The van der Waals surface area contributed by atoms with Gasteiger partial charge in [0, 0.05) is 0 Å². The third-order valence-electron chi connectivity index (χ3n) is 1.30. The van der Waals surface area contributed by atoms with Crippen LogP contribution >= 0.6 is 13.9 Å². The minimum absolute atomic E-state index is 0.0912. The van der Waals surface area contributed by atoms with Crippen molar-refractivity contribution < 1.29 is 17.6 Å². The molecule has 0 unspecified atom stereocenters. The molecule has 0 aliphatic heterocycles. The van der Waals surface area contributed by atoms with Gasteiger partial charge in [0.05, 0.1) is 0 Å². The molecule has 0 bridgehead atoms. The molecule has 0 saturated heterocycles. The molecule has 0 aromatic carbocycles. The third-order valence-corrected chi connectivity index (χ3v) is 13.4. The molecule has 0 aliphatic carbocycles. The van der Waals surface area contributed by atoms with Crippen LogP contribution in [0.4, 0.5) is 0 Å². The maximum absolute atomic E-state index is 5.93. The first-order chi connectivity index (χ1) is 5.17. The maximum atomic E-state index is 5.93.